The van der Waals surface area contributed by atoms with Gasteiger partial charge in [-0.2, -0.15) is 5.26 Å². The highest BCUT2D eigenvalue weighted by molar-refractivity contribution is 5.32. The van der Waals surface area contributed by atoms with Gasteiger partial charge < -0.3 is 0 Å². The average Bonchev–Trinajstić information content (AvgIpc) is 2.61. The molecule has 5 nitrogen and oxygen atoms in total. The van der Waals surface area contributed by atoms with Crippen LogP contribution in [0.5, 0.6) is 0 Å². The van der Waals surface area contributed by atoms with E-state index in [9.17, 15) is 0 Å². The van der Waals surface area contributed by atoms with Crippen LogP contribution >= 0.6 is 0 Å². The minimum atomic E-state index is 0.371. The third kappa shape index (κ3) is 5.49. The Kier molecular flexibility index (Phi) is 6.47. The van der Waals surface area contributed by atoms with Gasteiger partial charge in [0, 0.05) is 25.2 Å². The first-order chi connectivity index (χ1) is 11.6. The van der Waals surface area contributed by atoms with E-state index >= 15 is 0 Å². The Morgan fingerprint density at radius 2 is 1.92 bits per heavy atom. The zero-order valence-electron chi connectivity index (χ0n) is 14.1. The molecule has 2 rings (SSSR count). The van der Waals surface area contributed by atoms with Gasteiger partial charge in [-0.05, 0) is 30.2 Å². The summed E-state index contributed by atoms with van der Waals surface area (Å²) in [6, 6.07) is 10.4. The lowest BCUT2D eigenvalue weighted by atomic mass is 10.1. The molecular weight excluding hydrogens is 298 g/mol. The van der Waals surface area contributed by atoms with Crippen molar-refractivity contribution in [3.8, 4) is 6.07 Å². The maximum absolute atomic E-state index is 8.63. The van der Waals surface area contributed by atoms with Gasteiger partial charge in [0.15, 0.2) is 0 Å². The molecule has 1 aromatic rings. The number of rotatable bonds is 6. The van der Waals surface area contributed by atoms with E-state index in [1.807, 2.05) is 11.1 Å². The van der Waals surface area contributed by atoms with Crippen molar-refractivity contribution in [2.45, 2.75) is 13.5 Å². The van der Waals surface area contributed by atoms with Gasteiger partial charge in [0.25, 0.3) is 0 Å². The van der Waals surface area contributed by atoms with E-state index in [1.54, 1.807) is 12.2 Å². The molecule has 0 spiro atoms. The standard InChI is InChI=1S/C19H23N5/c1-16(14-20)8-9-18(3)21-22-24-12-10-23(11-13-24)15-19-7-5-4-6-17(19)2/h4-9H,1,3,10-13,15H2,2H3/b9-8-,22-21?. The zero-order valence-corrected chi connectivity index (χ0v) is 14.1. The SMILES string of the molecule is C=C(C#N)/C=C\C(=C)N=NN1CCN(Cc2ccccc2C)CC1. The second kappa shape index (κ2) is 8.80. The number of nitrogens with zero attached hydrogens (tertiary/aromatic N) is 5. The fraction of sp³-hybridized carbons (Fsp3) is 0.316. The summed E-state index contributed by atoms with van der Waals surface area (Å²) in [5.74, 6) is 0. The van der Waals surface area contributed by atoms with Crippen LogP contribution in [0.15, 0.2) is 71.2 Å². The van der Waals surface area contributed by atoms with Crippen molar-refractivity contribution in [1.82, 2.24) is 9.91 Å². The van der Waals surface area contributed by atoms with Crippen LogP contribution in [0.3, 0.4) is 0 Å². The topological polar surface area (TPSA) is 55.0 Å². The molecule has 0 N–H and O–H groups in total. The van der Waals surface area contributed by atoms with Crippen LogP contribution in [0, 0.1) is 18.3 Å². The maximum atomic E-state index is 8.63. The number of allylic oxidation sites excluding steroid dienone is 3. The minimum Gasteiger partial charge on any atom is -0.295 e. The molecule has 1 aromatic carbocycles. The first kappa shape index (κ1) is 17.6. The van der Waals surface area contributed by atoms with Gasteiger partial charge in [-0.15, -0.1) is 5.11 Å². The van der Waals surface area contributed by atoms with Crippen LogP contribution in [0.25, 0.3) is 0 Å². The van der Waals surface area contributed by atoms with Crippen LogP contribution < -0.4 is 0 Å². The highest BCUT2D eigenvalue weighted by Crippen LogP contribution is 2.13. The molecule has 0 unspecified atom stereocenters. The number of hydrogen-bond donors (Lipinski definition) is 0. The van der Waals surface area contributed by atoms with E-state index < -0.39 is 0 Å². The summed E-state index contributed by atoms with van der Waals surface area (Å²) < 4.78 is 0. The summed E-state index contributed by atoms with van der Waals surface area (Å²) in [7, 11) is 0. The highest BCUT2D eigenvalue weighted by atomic mass is 15.6. The molecule has 0 amide bonds. The van der Waals surface area contributed by atoms with E-state index in [1.165, 1.54) is 11.1 Å². The smallest absolute Gasteiger partial charge is 0.0985 e. The van der Waals surface area contributed by atoms with Crippen LogP contribution in [0.4, 0.5) is 0 Å². The van der Waals surface area contributed by atoms with E-state index in [0.29, 0.717) is 11.3 Å². The van der Waals surface area contributed by atoms with Crippen molar-refractivity contribution in [1.29, 1.82) is 5.26 Å². The Morgan fingerprint density at radius 3 is 2.58 bits per heavy atom. The molecule has 0 saturated carbocycles. The fourth-order valence-electron chi connectivity index (χ4n) is 2.40. The molecule has 1 saturated heterocycles. The van der Waals surface area contributed by atoms with Crippen molar-refractivity contribution in [3.05, 3.63) is 72.0 Å². The molecule has 24 heavy (non-hydrogen) atoms. The molecule has 1 fully saturated rings. The third-order valence-corrected chi connectivity index (χ3v) is 3.92. The summed E-state index contributed by atoms with van der Waals surface area (Å²) >= 11 is 0. The van der Waals surface area contributed by atoms with Gasteiger partial charge in [0.2, 0.25) is 0 Å². The van der Waals surface area contributed by atoms with Gasteiger partial charge in [0.05, 0.1) is 24.9 Å². The van der Waals surface area contributed by atoms with E-state index in [-0.39, 0.29) is 0 Å². The second-order valence-electron chi connectivity index (χ2n) is 5.81. The number of piperazine rings is 1. The van der Waals surface area contributed by atoms with E-state index in [0.717, 1.165) is 32.7 Å². The Morgan fingerprint density at radius 1 is 1.21 bits per heavy atom. The predicted octanol–water partition coefficient (Wildman–Crippen LogP) is 3.63. The first-order valence-electron chi connectivity index (χ1n) is 7.98. The van der Waals surface area contributed by atoms with Crippen LogP contribution in [0.2, 0.25) is 0 Å². The van der Waals surface area contributed by atoms with Gasteiger partial charge in [-0.1, -0.05) is 42.6 Å². The Balaban J connectivity index is 1.78. The van der Waals surface area contributed by atoms with Gasteiger partial charge in [0.1, 0.15) is 0 Å². The van der Waals surface area contributed by atoms with E-state index in [4.69, 9.17) is 5.26 Å². The third-order valence-electron chi connectivity index (χ3n) is 3.92. The monoisotopic (exact) mass is 321 g/mol. The van der Waals surface area contributed by atoms with Gasteiger partial charge >= 0.3 is 0 Å². The normalized spacial score (nSPS) is 15.8. The van der Waals surface area contributed by atoms with Gasteiger partial charge in [-0.3, -0.25) is 9.91 Å². The van der Waals surface area contributed by atoms with Crippen molar-refractivity contribution < 1.29 is 0 Å². The summed E-state index contributed by atoms with van der Waals surface area (Å²) in [6.07, 6.45) is 3.23. The molecule has 1 heterocycles. The predicted molar refractivity (Wildman–Crippen MR) is 95.9 cm³/mol. The number of benzene rings is 1. The molecule has 5 heteroatoms. The van der Waals surface area contributed by atoms with E-state index in [2.05, 4.69) is 59.6 Å². The lowest BCUT2D eigenvalue weighted by molar-refractivity contribution is 0.123. The molecule has 1 aliphatic rings. The molecule has 0 aromatic heterocycles. The molecule has 0 atom stereocenters. The molecule has 0 radical (unpaired) electrons. The number of aryl methyl sites for hydroxylation is 1. The summed E-state index contributed by atoms with van der Waals surface area (Å²) in [4.78, 5) is 2.43. The number of hydrogen-bond acceptors (Lipinski definition) is 4. The van der Waals surface area contributed by atoms with Crippen molar-refractivity contribution in [2.24, 2.45) is 10.3 Å². The highest BCUT2D eigenvalue weighted by Gasteiger charge is 2.16. The quantitative estimate of drug-likeness (QED) is 0.457. The van der Waals surface area contributed by atoms with Crippen molar-refractivity contribution in [3.63, 3.8) is 0 Å². The van der Waals surface area contributed by atoms with Crippen LogP contribution in [-0.4, -0.2) is 36.1 Å². The summed E-state index contributed by atoms with van der Waals surface area (Å²) in [5, 5.41) is 18.9. The maximum Gasteiger partial charge on any atom is 0.0985 e. The van der Waals surface area contributed by atoms with Crippen LogP contribution in [-0.2, 0) is 6.54 Å². The van der Waals surface area contributed by atoms with Crippen molar-refractivity contribution in [2.75, 3.05) is 26.2 Å². The lowest BCUT2D eigenvalue weighted by Gasteiger charge is -2.32. The number of nitriles is 1. The molecule has 1 aliphatic heterocycles. The minimum absolute atomic E-state index is 0.371. The first-order valence-corrected chi connectivity index (χ1v) is 7.98. The average molecular weight is 321 g/mol. The Hall–Kier alpha value is -2.71. The summed E-state index contributed by atoms with van der Waals surface area (Å²) in [5.41, 5.74) is 3.59. The van der Waals surface area contributed by atoms with Crippen molar-refractivity contribution >= 4 is 0 Å². The zero-order chi connectivity index (χ0) is 17.4. The molecule has 0 bridgehead atoms. The lowest BCUT2D eigenvalue weighted by Crippen LogP contribution is -2.43. The summed E-state index contributed by atoms with van der Waals surface area (Å²) in [6.45, 7) is 14.1. The van der Waals surface area contributed by atoms with Crippen LogP contribution in [0.1, 0.15) is 11.1 Å². The molecular formula is C19H23N5. The van der Waals surface area contributed by atoms with Gasteiger partial charge in [-0.25, -0.2) is 0 Å². The Bertz CT molecular complexity index is 688. The fourth-order valence-corrected chi connectivity index (χ4v) is 2.40. The Labute approximate surface area is 143 Å². The largest absolute Gasteiger partial charge is 0.295 e. The molecule has 0 aliphatic carbocycles. The second-order valence-corrected chi connectivity index (χ2v) is 5.81. The molecule has 124 valence electrons.